The average molecular weight is 328 g/mol. The van der Waals surface area contributed by atoms with Crippen LogP contribution in [0.25, 0.3) is 0 Å². The molecule has 1 aromatic rings. The second-order valence-corrected chi connectivity index (χ2v) is 4.54. The van der Waals surface area contributed by atoms with Crippen LogP contribution in [-0.4, -0.2) is 21.5 Å². The Morgan fingerprint density at radius 3 is 1.33 bits per heavy atom. The summed E-state index contributed by atoms with van der Waals surface area (Å²) in [5, 5.41) is -0.713. The maximum atomic E-state index is 12.2. The highest BCUT2D eigenvalue weighted by Crippen LogP contribution is 2.29. The van der Waals surface area contributed by atoms with Crippen molar-refractivity contribution in [3.8, 4) is 0 Å². The zero-order valence-electron chi connectivity index (χ0n) is 8.38. The molecule has 0 amide bonds. The molecular formula is C7H6F6N2S3. The first-order valence-electron chi connectivity index (χ1n) is 4.27. The zero-order chi connectivity index (χ0) is 14.3. The quantitative estimate of drug-likeness (QED) is 0.478. The molecule has 1 rings (SSSR count). The Hall–Kier alpha value is -0.290. The van der Waals surface area contributed by atoms with E-state index in [2.05, 4.69) is 37.5 Å². The third kappa shape index (κ3) is 3.85. The second kappa shape index (κ2) is 5.00. The molecule has 0 aliphatic carbocycles. The summed E-state index contributed by atoms with van der Waals surface area (Å²) in [5.74, 6) is 0. The number of hydrogen-bond acceptors (Lipinski definition) is 3. The molecule has 2 nitrogen and oxygen atoms in total. The van der Waals surface area contributed by atoms with E-state index in [1.54, 1.807) is 0 Å². The molecule has 0 aliphatic heterocycles. The van der Waals surface area contributed by atoms with E-state index in [0.717, 1.165) is 0 Å². The minimum atomic E-state index is -4.61. The molecule has 0 fully saturated rings. The van der Waals surface area contributed by atoms with E-state index in [1.807, 2.05) is 0 Å². The van der Waals surface area contributed by atoms with Gasteiger partial charge in [0.2, 0.25) is 0 Å². The van der Waals surface area contributed by atoms with Gasteiger partial charge in [0.15, 0.2) is 4.77 Å². The molecule has 0 atom stereocenters. The lowest BCUT2D eigenvalue weighted by Gasteiger charge is -2.09. The molecule has 11 heteroatoms. The number of alkyl halides is 6. The van der Waals surface area contributed by atoms with Crippen LogP contribution < -0.4 is 0 Å². The molecule has 0 radical (unpaired) electrons. The zero-order valence-corrected chi connectivity index (χ0v) is 11.0. The van der Waals surface area contributed by atoms with Gasteiger partial charge in [-0.15, -0.1) is 25.3 Å². The predicted molar refractivity (Wildman–Crippen MR) is 59.9 cm³/mol. The molecular weight excluding hydrogens is 322 g/mol. The molecule has 104 valence electrons. The third-order valence-electron chi connectivity index (χ3n) is 1.85. The Morgan fingerprint density at radius 2 is 1.11 bits per heavy atom. The van der Waals surface area contributed by atoms with Crippen LogP contribution in [0, 0.1) is 4.77 Å². The first-order valence-corrected chi connectivity index (χ1v) is 5.57. The predicted octanol–water partition coefficient (Wildman–Crippen LogP) is 3.72. The van der Waals surface area contributed by atoms with Crippen molar-refractivity contribution < 1.29 is 26.3 Å². The van der Waals surface area contributed by atoms with Crippen LogP contribution >= 0.6 is 37.5 Å². The van der Waals surface area contributed by atoms with Gasteiger partial charge in [-0.2, -0.15) is 26.3 Å². The van der Waals surface area contributed by atoms with Gasteiger partial charge in [-0.25, -0.2) is 0 Å². The van der Waals surface area contributed by atoms with E-state index >= 15 is 0 Å². The van der Waals surface area contributed by atoms with E-state index in [9.17, 15) is 26.3 Å². The number of rotatable bonds is 2. The Bertz CT molecular complexity index is 454. The fourth-order valence-electron chi connectivity index (χ4n) is 1.21. The highest BCUT2D eigenvalue weighted by Gasteiger charge is 2.33. The van der Waals surface area contributed by atoms with E-state index < -0.39 is 30.2 Å². The second-order valence-electron chi connectivity index (χ2n) is 3.33. The molecule has 0 saturated carbocycles. The number of nitrogens with zero attached hydrogens (tertiary/aromatic N) is 2. The lowest BCUT2D eigenvalue weighted by Crippen LogP contribution is -2.20. The van der Waals surface area contributed by atoms with Crippen molar-refractivity contribution in [3.05, 3.63) is 4.77 Å². The Morgan fingerprint density at radius 1 is 0.833 bits per heavy atom. The number of thiol groups is 2. The monoisotopic (exact) mass is 328 g/mol. The number of imidazole rings is 1. The number of hydrogen-bond donors (Lipinski definition) is 2. The van der Waals surface area contributed by atoms with Crippen LogP contribution in [0.1, 0.15) is 0 Å². The fourth-order valence-corrected chi connectivity index (χ4v) is 2.23. The normalized spacial score (nSPS) is 13.1. The van der Waals surface area contributed by atoms with E-state index in [1.165, 1.54) is 0 Å². The van der Waals surface area contributed by atoms with Gasteiger partial charge in [-0.1, -0.05) is 0 Å². The Labute approximate surface area is 113 Å². The van der Waals surface area contributed by atoms with E-state index in [-0.39, 0.29) is 10.1 Å². The van der Waals surface area contributed by atoms with Gasteiger partial charge in [-0.05, 0) is 12.2 Å². The van der Waals surface area contributed by atoms with Crippen molar-refractivity contribution >= 4 is 37.5 Å². The van der Waals surface area contributed by atoms with Crippen molar-refractivity contribution in [2.24, 2.45) is 0 Å². The van der Waals surface area contributed by atoms with Crippen LogP contribution in [0.5, 0.6) is 0 Å². The highest BCUT2D eigenvalue weighted by molar-refractivity contribution is 7.83. The van der Waals surface area contributed by atoms with Crippen LogP contribution in [0.4, 0.5) is 26.3 Å². The Balaban J connectivity index is 3.25. The molecule has 1 heterocycles. The molecule has 1 aromatic heterocycles. The van der Waals surface area contributed by atoms with Crippen molar-refractivity contribution in [1.82, 2.24) is 9.13 Å². The topological polar surface area (TPSA) is 9.86 Å². The number of halogens is 6. The molecule has 18 heavy (non-hydrogen) atoms. The first-order chi connectivity index (χ1) is 7.92. The molecule has 0 aliphatic rings. The summed E-state index contributed by atoms with van der Waals surface area (Å²) in [6.07, 6.45) is -9.22. The minimum Gasteiger partial charge on any atom is -0.302 e. The summed E-state index contributed by atoms with van der Waals surface area (Å²) in [6, 6.07) is 0. The standard InChI is InChI=1S/C7H6F6N2S3/c8-6(9,10)1-14-3(16)4(17)15(5(14)18)2-7(11,12)13/h16-17H,1-2H2. The largest absolute Gasteiger partial charge is 0.406 e. The van der Waals surface area contributed by atoms with Gasteiger partial charge in [-0.3, -0.25) is 0 Å². The maximum Gasteiger partial charge on any atom is 0.406 e. The van der Waals surface area contributed by atoms with Crippen molar-refractivity contribution in [3.63, 3.8) is 0 Å². The maximum absolute atomic E-state index is 12.2. The van der Waals surface area contributed by atoms with Crippen LogP contribution in [0.15, 0.2) is 10.1 Å². The highest BCUT2D eigenvalue weighted by atomic mass is 32.1. The first kappa shape index (κ1) is 15.8. The minimum absolute atomic E-state index is 0.357. The van der Waals surface area contributed by atoms with Crippen molar-refractivity contribution in [1.29, 1.82) is 0 Å². The molecule has 0 aromatic carbocycles. The lowest BCUT2D eigenvalue weighted by molar-refractivity contribution is -0.143. The molecule has 0 unspecified atom stereocenters. The van der Waals surface area contributed by atoms with Gasteiger partial charge in [0, 0.05) is 0 Å². The van der Waals surface area contributed by atoms with Gasteiger partial charge >= 0.3 is 12.4 Å². The van der Waals surface area contributed by atoms with E-state index in [4.69, 9.17) is 0 Å². The van der Waals surface area contributed by atoms with E-state index in [0.29, 0.717) is 9.13 Å². The van der Waals surface area contributed by atoms with Crippen LogP contribution in [0.3, 0.4) is 0 Å². The molecule has 0 bridgehead atoms. The lowest BCUT2D eigenvalue weighted by atomic mass is 10.6. The summed E-state index contributed by atoms with van der Waals surface area (Å²) < 4.78 is 73.6. The van der Waals surface area contributed by atoms with Gasteiger partial charge in [0.25, 0.3) is 0 Å². The molecule has 0 N–H and O–H groups in total. The summed E-state index contributed by atoms with van der Waals surface area (Å²) >= 11 is 12.0. The van der Waals surface area contributed by atoms with Gasteiger partial charge in [0.05, 0.1) is 0 Å². The molecule has 0 saturated heterocycles. The van der Waals surface area contributed by atoms with Crippen LogP contribution in [-0.2, 0) is 13.1 Å². The molecule has 0 spiro atoms. The van der Waals surface area contributed by atoms with Gasteiger partial charge < -0.3 is 9.13 Å². The van der Waals surface area contributed by atoms with Crippen LogP contribution in [0.2, 0.25) is 0 Å². The fraction of sp³-hybridized carbons (Fsp3) is 0.571. The summed E-state index contributed by atoms with van der Waals surface area (Å²) in [7, 11) is 0. The number of aromatic nitrogens is 2. The Kier molecular flexibility index (Phi) is 4.38. The summed E-state index contributed by atoms with van der Waals surface area (Å²) in [5.41, 5.74) is 0. The smallest absolute Gasteiger partial charge is 0.302 e. The van der Waals surface area contributed by atoms with Crippen molar-refractivity contribution in [2.45, 2.75) is 35.5 Å². The van der Waals surface area contributed by atoms with Crippen molar-refractivity contribution in [2.75, 3.05) is 0 Å². The van der Waals surface area contributed by atoms with Gasteiger partial charge in [0.1, 0.15) is 23.1 Å². The average Bonchev–Trinajstić information content (AvgIpc) is 2.31. The third-order valence-corrected chi connectivity index (χ3v) is 3.37. The summed E-state index contributed by atoms with van der Waals surface area (Å²) in [4.78, 5) is 0. The SMILES string of the molecule is FC(F)(F)Cn1c(S)c(S)n(CC(F)(F)F)c1=S. The summed E-state index contributed by atoms with van der Waals surface area (Å²) in [6.45, 7) is -3.02.